The van der Waals surface area contributed by atoms with Crippen molar-refractivity contribution in [2.75, 3.05) is 5.32 Å². The van der Waals surface area contributed by atoms with Crippen LogP contribution in [0.15, 0.2) is 53.4 Å². The van der Waals surface area contributed by atoms with E-state index in [1.807, 2.05) is 0 Å². The Labute approximate surface area is 163 Å². The Morgan fingerprint density at radius 2 is 1.50 bits per heavy atom. The molecule has 0 aliphatic heterocycles. The summed E-state index contributed by atoms with van der Waals surface area (Å²) >= 11 is 11.2. The van der Waals surface area contributed by atoms with Crippen LogP contribution >= 0.6 is 23.2 Å². The number of sulfonamides is 1. The Morgan fingerprint density at radius 1 is 0.962 bits per heavy atom. The molecule has 5 nitrogen and oxygen atoms in total. The van der Waals surface area contributed by atoms with Gasteiger partial charge in [-0.15, -0.1) is 0 Å². The number of carbonyl (C=O) groups is 1. The molecule has 2 N–H and O–H groups in total. The van der Waals surface area contributed by atoms with Gasteiger partial charge >= 0.3 is 0 Å². The maximum absolute atomic E-state index is 12.8. The zero-order valence-corrected chi connectivity index (χ0v) is 16.9. The zero-order valence-electron chi connectivity index (χ0n) is 14.6. The maximum atomic E-state index is 12.8. The van der Waals surface area contributed by atoms with E-state index in [0.29, 0.717) is 16.8 Å². The van der Waals surface area contributed by atoms with Crippen LogP contribution in [-0.2, 0) is 14.8 Å². The third-order valence-electron chi connectivity index (χ3n) is 3.29. The van der Waals surface area contributed by atoms with Crippen LogP contribution in [0.3, 0.4) is 0 Å². The number of hydrogen-bond donors (Lipinski definition) is 2. The highest BCUT2D eigenvalue weighted by Crippen LogP contribution is 2.33. The van der Waals surface area contributed by atoms with Crippen LogP contribution in [0.4, 0.5) is 5.69 Å². The van der Waals surface area contributed by atoms with E-state index in [1.165, 1.54) is 6.07 Å². The molecular weight excluding hydrogens is 395 g/mol. The summed E-state index contributed by atoms with van der Waals surface area (Å²) < 4.78 is 28.3. The molecule has 0 fully saturated rings. The maximum Gasteiger partial charge on any atom is 0.257 e. The van der Waals surface area contributed by atoms with Gasteiger partial charge in [-0.05, 0) is 32.9 Å². The molecule has 0 aliphatic carbocycles. The molecule has 0 atom stereocenters. The molecule has 0 aliphatic rings. The third-order valence-corrected chi connectivity index (χ3v) is 5.50. The summed E-state index contributed by atoms with van der Waals surface area (Å²) in [4.78, 5) is 10.7. The van der Waals surface area contributed by atoms with Gasteiger partial charge < -0.3 is 5.32 Å². The lowest BCUT2D eigenvalue weighted by molar-refractivity contribution is -0.114. The van der Waals surface area contributed by atoms with Crippen molar-refractivity contribution in [1.29, 1.82) is 0 Å². The molecule has 2 aromatic carbocycles. The minimum absolute atomic E-state index is 0.116. The van der Waals surface area contributed by atoms with E-state index >= 15 is 0 Å². The molecule has 0 saturated heterocycles. The minimum atomic E-state index is -3.77. The fourth-order valence-corrected chi connectivity index (χ4v) is 4.15. The van der Waals surface area contributed by atoms with Crippen molar-refractivity contribution in [2.45, 2.75) is 36.0 Å². The molecule has 0 unspecified atom stereocenters. The molecule has 2 aromatic rings. The van der Waals surface area contributed by atoms with Crippen LogP contribution in [0.5, 0.6) is 0 Å². The lowest BCUT2D eigenvalue weighted by atomic mass is 10.0. The van der Waals surface area contributed by atoms with E-state index in [1.54, 1.807) is 63.2 Å². The number of anilines is 1. The van der Waals surface area contributed by atoms with Gasteiger partial charge in [0.15, 0.2) is 4.84 Å². The SMILES string of the molecule is CC(C)(C)NS(=O)(=O)c1ccccc1-c1ccccc1NC(=O)C(Cl)Cl. The molecule has 2 rings (SSSR count). The van der Waals surface area contributed by atoms with Crippen LogP contribution < -0.4 is 10.0 Å². The number of amides is 1. The average Bonchev–Trinajstić information content (AvgIpc) is 2.53. The van der Waals surface area contributed by atoms with Crippen molar-refractivity contribution in [3.05, 3.63) is 48.5 Å². The smallest absolute Gasteiger partial charge is 0.257 e. The molecule has 1 amide bonds. The summed E-state index contributed by atoms with van der Waals surface area (Å²) in [7, 11) is -3.77. The van der Waals surface area contributed by atoms with E-state index in [-0.39, 0.29) is 4.90 Å². The van der Waals surface area contributed by atoms with E-state index in [4.69, 9.17) is 23.2 Å². The van der Waals surface area contributed by atoms with Gasteiger partial charge in [0.05, 0.1) is 4.90 Å². The Balaban J connectivity index is 2.57. The Kier molecular flexibility index (Phi) is 6.34. The summed E-state index contributed by atoms with van der Waals surface area (Å²) in [5.74, 6) is -0.589. The average molecular weight is 415 g/mol. The summed E-state index contributed by atoms with van der Waals surface area (Å²) in [6, 6.07) is 13.4. The van der Waals surface area contributed by atoms with Crippen molar-refractivity contribution in [1.82, 2.24) is 4.72 Å². The fraction of sp³-hybridized carbons (Fsp3) is 0.278. The molecule has 0 aromatic heterocycles. The third kappa shape index (κ3) is 5.20. The molecule has 0 heterocycles. The lowest BCUT2D eigenvalue weighted by Gasteiger charge is -2.22. The number of benzene rings is 2. The number of hydrogen-bond acceptors (Lipinski definition) is 3. The zero-order chi connectivity index (χ0) is 19.5. The molecule has 0 saturated carbocycles. The van der Waals surface area contributed by atoms with Gasteiger partial charge in [0.25, 0.3) is 5.91 Å². The van der Waals surface area contributed by atoms with Gasteiger partial charge in [0, 0.05) is 22.4 Å². The standard InChI is InChI=1S/C18H20Cl2N2O3S/c1-18(2,3)22-26(24,25)15-11-7-5-9-13(15)12-8-4-6-10-14(12)21-17(23)16(19)20/h4-11,16,22H,1-3H3,(H,21,23). The van der Waals surface area contributed by atoms with E-state index < -0.39 is 26.3 Å². The topological polar surface area (TPSA) is 75.3 Å². The van der Waals surface area contributed by atoms with E-state index in [0.717, 1.165) is 0 Å². The second-order valence-electron chi connectivity index (χ2n) is 6.69. The number of carbonyl (C=O) groups excluding carboxylic acids is 1. The molecule has 0 radical (unpaired) electrons. The molecule has 0 spiro atoms. The largest absolute Gasteiger partial charge is 0.323 e. The fourth-order valence-electron chi connectivity index (χ4n) is 2.40. The summed E-state index contributed by atoms with van der Waals surface area (Å²) in [5.41, 5.74) is 0.789. The monoisotopic (exact) mass is 414 g/mol. The first-order valence-electron chi connectivity index (χ1n) is 7.83. The minimum Gasteiger partial charge on any atom is -0.323 e. The first-order chi connectivity index (χ1) is 12.0. The summed E-state index contributed by atoms with van der Waals surface area (Å²) in [5, 5.41) is 2.62. The number of nitrogens with one attached hydrogen (secondary N) is 2. The second-order valence-corrected chi connectivity index (χ2v) is 9.43. The predicted octanol–water partition coefficient (Wildman–Crippen LogP) is 4.17. The van der Waals surface area contributed by atoms with Crippen LogP contribution in [0, 0.1) is 0 Å². The van der Waals surface area contributed by atoms with Crippen molar-refractivity contribution in [2.24, 2.45) is 0 Å². The van der Waals surface area contributed by atoms with E-state index in [9.17, 15) is 13.2 Å². The second kappa shape index (κ2) is 7.96. The highest BCUT2D eigenvalue weighted by molar-refractivity contribution is 7.89. The van der Waals surface area contributed by atoms with Crippen molar-refractivity contribution < 1.29 is 13.2 Å². The molecule has 140 valence electrons. The highest BCUT2D eigenvalue weighted by atomic mass is 35.5. The van der Waals surface area contributed by atoms with Crippen molar-refractivity contribution in [3.63, 3.8) is 0 Å². The first kappa shape index (κ1) is 20.7. The molecule has 0 bridgehead atoms. The van der Waals surface area contributed by atoms with Gasteiger partial charge in [-0.3, -0.25) is 4.79 Å². The highest BCUT2D eigenvalue weighted by Gasteiger charge is 2.25. The first-order valence-corrected chi connectivity index (χ1v) is 10.2. The molecular formula is C18H20Cl2N2O3S. The van der Waals surface area contributed by atoms with Gasteiger partial charge in [0.2, 0.25) is 10.0 Å². The van der Waals surface area contributed by atoms with Gasteiger partial charge in [0.1, 0.15) is 0 Å². The summed E-state index contributed by atoms with van der Waals surface area (Å²) in [6.45, 7) is 5.30. The van der Waals surface area contributed by atoms with E-state index in [2.05, 4.69) is 10.0 Å². The van der Waals surface area contributed by atoms with Gasteiger partial charge in [-0.1, -0.05) is 59.6 Å². The van der Waals surface area contributed by atoms with Crippen LogP contribution in [-0.4, -0.2) is 24.7 Å². The molecule has 26 heavy (non-hydrogen) atoms. The van der Waals surface area contributed by atoms with Crippen molar-refractivity contribution >= 4 is 44.8 Å². The number of para-hydroxylation sites is 1. The Hall–Kier alpha value is -1.60. The number of rotatable bonds is 5. The number of alkyl halides is 2. The Bertz CT molecular complexity index is 907. The normalized spacial score (nSPS) is 12.2. The predicted molar refractivity (Wildman–Crippen MR) is 106 cm³/mol. The van der Waals surface area contributed by atoms with Gasteiger partial charge in [-0.2, -0.15) is 0 Å². The van der Waals surface area contributed by atoms with Gasteiger partial charge in [-0.25, -0.2) is 13.1 Å². The number of halogens is 2. The van der Waals surface area contributed by atoms with Crippen molar-refractivity contribution in [3.8, 4) is 11.1 Å². The van der Waals surface area contributed by atoms with Crippen LogP contribution in [0.1, 0.15) is 20.8 Å². The van der Waals surface area contributed by atoms with Crippen LogP contribution in [0.2, 0.25) is 0 Å². The summed E-state index contributed by atoms with van der Waals surface area (Å²) in [6.07, 6.45) is 0. The quantitative estimate of drug-likeness (QED) is 0.720. The molecule has 8 heteroatoms. The van der Waals surface area contributed by atoms with Crippen LogP contribution in [0.25, 0.3) is 11.1 Å². The lowest BCUT2D eigenvalue weighted by Crippen LogP contribution is -2.40. The Morgan fingerprint density at radius 3 is 2.08 bits per heavy atom.